The maximum Gasteiger partial charge on any atom is 0.164 e. The fourth-order valence-electron chi connectivity index (χ4n) is 7.90. The van der Waals surface area contributed by atoms with Crippen LogP contribution >= 0.6 is 0 Å². The topological polar surface area (TPSA) is 56.7 Å². The lowest BCUT2D eigenvalue weighted by Gasteiger charge is -2.10. The summed E-state index contributed by atoms with van der Waals surface area (Å²) in [5.74, 6) is 1.89. The molecule has 0 aliphatic heterocycles. The number of rotatable bonds is 6. The number of fused-ring (bicyclic) bond motifs is 6. The Hall–Kier alpha value is -7.63. The average molecular weight is 717 g/mol. The summed E-state index contributed by atoms with van der Waals surface area (Å²) in [6.45, 7) is 0. The van der Waals surface area contributed by atoms with Gasteiger partial charge in [0.05, 0.1) is 11.0 Å². The second-order valence-electron chi connectivity index (χ2n) is 14.1. The number of nitrogens with zero attached hydrogens (tertiary/aromatic N) is 4. The highest BCUT2D eigenvalue weighted by Crippen LogP contribution is 2.38. The lowest BCUT2D eigenvalue weighted by Crippen LogP contribution is -2.00. The van der Waals surface area contributed by atoms with Gasteiger partial charge in [0.15, 0.2) is 17.5 Å². The van der Waals surface area contributed by atoms with Crippen LogP contribution in [0.1, 0.15) is 0 Å². The number of hydrogen-bond acceptors (Lipinski definition) is 4. The zero-order valence-electron chi connectivity index (χ0n) is 30.2. The Morgan fingerprint density at radius 1 is 0.304 bits per heavy atom. The van der Waals surface area contributed by atoms with E-state index < -0.39 is 0 Å². The van der Waals surface area contributed by atoms with E-state index in [-0.39, 0.29) is 0 Å². The second-order valence-corrected chi connectivity index (χ2v) is 14.1. The van der Waals surface area contributed by atoms with Crippen molar-refractivity contribution in [3.05, 3.63) is 194 Å². The van der Waals surface area contributed by atoms with Crippen molar-refractivity contribution in [3.8, 4) is 62.1 Å². The van der Waals surface area contributed by atoms with Crippen molar-refractivity contribution in [2.24, 2.45) is 0 Å². The summed E-state index contributed by atoms with van der Waals surface area (Å²) in [6.07, 6.45) is 0. The molecule has 5 heteroatoms. The minimum atomic E-state index is 0.615. The maximum absolute atomic E-state index is 6.51. The van der Waals surface area contributed by atoms with Crippen LogP contribution in [0.25, 0.3) is 106 Å². The number of hydrogen-bond donors (Lipinski definition) is 0. The summed E-state index contributed by atoms with van der Waals surface area (Å²) >= 11 is 0. The molecule has 0 radical (unpaired) electrons. The summed E-state index contributed by atoms with van der Waals surface area (Å²) in [5.41, 5.74) is 12.5. The number of aromatic nitrogens is 4. The van der Waals surface area contributed by atoms with E-state index in [0.29, 0.717) is 17.5 Å². The Morgan fingerprint density at radius 3 is 1.48 bits per heavy atom. The number of furan rings is 1. The van der Waals surface area contributed by atoms with Gasteiger partial charge in [0.2, 0.25) is 0 Å². The van der Waals surface area contributed by atoms with E-state index in [1.807, 2.05) is 72.8 Å². The van der Waals surface area contributed by atoms with Gasteiger partial charge in [-0.1, -0.05) is 140 Å². The molecule has 0 N–H and O–H groups in total. The highest BCUT2D eigenvalue weighted by Gasteiger charge is 2.17. The van der Waals surface area contributed by atoms with Gasteiger partial charge in [-0.05, 0) is 76.9 Å². The van der Waals surface area contributed by atoms with Crippen LogP contribution in [0.15, 0.2) is 199 Å². The Labute approximate surface area is 322 Å². The van der Waals surface area contributed by atoms with Crippen LogP contribution in [-0.4, -0.2) is 19.5 Å². The summed E-state index contributed by atoms with van der Waals surface area (Å²) < 4.78 is 8.88. The predicted octanol–water partition coefficient (Wildman–Crippen LogP) is 13.2. The maximum atomic E-state index is 6.51. The molecule has 0 aliphatic carbocycles. The van der Waals surface area contributed by atoms with Crippen molar-refractivity contribution in [2.45, 2.75) is 0 Å². The minimum absolute atomic E-state index is 0.615. The molecule has 262 valence electrons. The fraction of sp³-hybridized carbons (Fsp3) is 0. The molecule has 0 amide bonds. The molecule has 56 heavy (non-hydrogen) atoms. The molecule has 11 rings (SSSR count). The first-order valence-electron chi connectivity index (χ1n) is 18.8. The quantitative estimate of drug-likeness (QED) is 0.172. The van der Waals surface area contributed by atoms with Crippen LogP contribution in [0, 0.1) is 0 Å². The molecule has 0 saturated carbocycles. The first kappa shape index (κ1) is 31.9. The molecule has 0 fully saturated rings. The van der Waals surface area contributed by atoms with Gasteiger partial charge in [0, 0.05) is 43.9 Å². The van der Waals surface area contributed by atoms with Gasteiger partial charge in [0.1, 0.15) is 11.2 Å². The molecule has 0 unspecified atom stereocenters. The summed E-state index contributed by atoms with van der Waals surface area (Å²) in [5, 5.41) is 4.51. The molecule has 8 aromatic carbocycles. The van der Waals surface area contributed by atoms with Gasteiger partial charge in [0.25, 0.3) is 0 Å². The lowest BCUT2D eigenvalue weighted by atomic mass is 10.0. The zero-order valence-corrected chi connectivity index (χ0v) is 30.2. The van der Waals surface area contributed by atoms with E-state index in [9.17, 15) is 0 Å². The van der Waals surface area contributed by atoms with Crippen molar-refractivity contribution in [1.29, 1.82) is 0 Å². The Balaban J connectivity index is 0.998. The van der Waals surface area contributed by atoms with E-state index in [1.165, 1.54) is 27.4 Å². The van der Waals surface area contributed by atoms with Crippen LogP contribution in [0.5, 0.6) is 0 Å². The monoisotopic (exact) mass is 716 g/mol. The van der Waals surface area contributed by atoms with Crippen LogP contribution in [0.2, 0.25) is 0 Å². The molecule has 0 bridgehead atoms. The lowest BCUT2D eigenvalue weighted by molar-refractivity contribution is 0.669. The van der Waals surface area contributed by atoms with E-state index in [2.05, 4.69) is 126 Å². The third-order valence-corrected chi connectivity index (χ3v) is 10.7. The predicted molar refractivity (Wildman–Crippen MR) is 229 cm³/mol. The van der Waals surface area contributed by atoms with E-state index in [4.69, 9.17) is 19.4 Å². The molecule has 3 aromatic heterocycles. The highest BCUT2D eigenvalue weighted by atomic mass is 16.3. The molecule has 5 nitrogen and oxygen atoms in total. The molecule has 0 aliphatic rings. The minimum Gasteiger partial charge on any atom is -0.456 e. The van der Waals surface area contributed by atoms with Crippen LogP contribution in [0.3, 0.4) is 0 Å². The van der Waals surface area contributed by atoms with Gasteiger partial charge in [-0.15, -0.1) is 0 Å². The highest BCUT2D eigenvalue weighted by molar-refractivity contribution is 6.11. The van der Waals surface area contributed by atoms with Gasteiger partial charge in [-0.25, -0.2) is 15.0 Å². The van der Waals surface area contributed by atoms with Crippen LogP contribution in [0.4, 0.5) is 0 Å². The third kappa shape index (κ3) is 5.45. The van der Waals surface area contributed by atoms with E-state index >= 15 is 0 Å². The third-order valence-electron chi connectivity index (χ3n) is 10.7. The molecule has 0 saturated heterocycles. The average Bonchev–Trinajstić information content (AvgIpc) is 3.81. The van der Waals surface area contributed by atoms with Crippen molar-refractivity contribution in [1.82, 2.24) is 19.5 Å². The molecule has 11 aromatic rings. The Kier molecular flexibility index (Phi) is 7.42. The van der Waals surface area contributed by atoms with Crippen LogP contribution < -0.4 is 0 Å². The fourth-order valence-corrected chi connectivity index (χ4v) is 7.90. The van der Waals surface area contributed by atoms with Gasteiger partial charge >= 0.3 is 0 Å². The van der Waals surface area contributed by atoms with Crippen molar-refractivity contribution in [2.75, 3.05) is 0 Å². The largest absolute Gasteiger partial charge is 0.456 e. The summed E-state index contributed by atoms with van der Waals surface area (Å²) in [6, 6.07) is 67.6. The standard InChI is InChI=1S/C51H32N4O/c1-4-12-33(13-5-1)34-20-25-40(26-21-34)55-45-19-11-10-18-41(45)42-27-22-37(31-46(42)55)38-23-28-43-44-30-39(24-29-47(44)56-48(43)32-38)51-53-49(35-14-6-2-7-15-35)52-50(54-51)36-16-8-3-9-17-36/h1-32H. The van der Waals surface area contributed by atoms with Gasteiger partial charge in [-0.2, -0.15) is 0 Å². The van der Waals surface area contributed by atoms with Crippen molar-refractivity contribution >= 4 is 43.7 Å². The van der Waals surface area contributed by atoms with E-state index in [0.717, 1.165) is 61.0 Å². The first-order chi connectivity index (χ1) is 27.7. The SMILES string of the molecule is c1ccc(-c2ccc(-n3c4ccccc4c4ccc(-c5ccc6c(c5)oc5ccc(-c7nc(-c8ccccc8)nc(-c8ccccc8)n7)cc56)cc43)cc2)cc1. The molecule has 0 spiro atoms. The second kappa shape index (κ2) is 13.0. The summed E-state index contributed by atoms with van der Waals surface area (Å²) in [7, 11) is 0. The summed E-state index contributed by atoms with van der Waals surface area (Å²) in [4.78, 5) is 14.8. The molecule has 0 atom stereocenters. The van der Waals surface area contributed by atoms with Crippen molar-refractivity contribution < 1.29 is 4.42 Å². The van der Waals surface area contributed by atoms with Gasteiger partial charge in [-0.3, -0.25) is 0 Å². The molecule has 3 heterocycles. The first-order valence-corrected chi connectivity index (χ1v) is 18.8. The Bertz CT molecular complexity index is 3160. The number of benzene rings is 8. The number of para-hydroxylation sites is 1. The smallest absolute Gasteiger partial charge is 0.164 e. The zero-order chi connectivity index (χ0) is 37.0. The van der Waals surface area contributed by atoms with Crippen LogP contribution in [-0.2, 0) is 0 Å². The van der Waals surface area contributed by atoms with Crippen molar-refractivity contribution in [3.63, 3.8) is 0 Å². The normalized spacial score (nSPS) is 11.6. The van der Waals surface area contributed by atoms with Gasteiger partial charge < -0.3 is 8.98 Å². The Morgan fingerprint density at radius 2 is 0.804 bits per heavy atom. The van der Waals surface area contributed by atoms with E-state index in [1.54, 1.807) is 0 Å². The molecular formula is C51H32N4O. The molecular weight excluding hydrogens is 685 g/mol.